The number of hydrogen-bond acceptors (Lipinski definition) is 1. The summed E-state index contributed by atoms with van der Waals surface area (Å²) in [6.07, 6.45) is 14.7. The highest BCUT2D eigenvalue weighted by Crippen LogP contribution is 1.91. The van der Waals surface area contributed by atoms with Crippen molar-refractivity contribution in [3.63, 3.8) is 0 Å². The maximum atomic E-state index is 3.19. The van der Waals surface area contributed by atoms with E-state index in [4.69, 9.17) is 0 Å². The van der Waals surface area contributed by atoms with Crippen LogP contribution in [0.2, 0.25) is 0 Å². The third-order valence-electron chi connectivity index (χ3n) is 1.38. The van der Waals surface area contributed by atoms with Gasteiger partial charge < -0.3 is 5.32 Å². The van der Waals surface area contributed by atoms with Crippen molar-refractivity contribution in [3.05, 3.63) is 36.6 Å². The van der Waals surface area contributed by atoms with Crippen LogP contribution in [0.3, 0.4) is 0 Å². The van der Waals surface area contributed by atoms with Gasteiger partial charge in [0.25, 0.3) is 0 Å². The van der Waals surface area contributed by atoms with Crippen LogP contribution in [0.1, 0.15) is 12.8 Å². The number of allylic oxidation sites excluding steroid dienone is 5. The second-order valence-electron chi connectivity index (χ2n) is 2.27. The first-order valence-corrected chi connectivity index (χ1v) is 3.72. The van der Waals surface area contributed by atoms with Gasteiger partial charge in [-0.1, -0.05) is 24.3 Å². The Morgan fingerprint density at radius 3 is 2.90 bits per heavy atom. The smallest absolute Gasteiger partial charge is 0.0144 e. The summed E-state index contributed by atoms with van der Waals surface area (Å²) < 4.78 is 0. The Kier molecular flexibility index (Phi) is 3.46. The summed E-state index contributed by atoms with van der Waals surface area (Å²) in [5.74, 6) is 0. The van der Waals surface area contributed by atoms with E-state index in [1.54, 1.807) is 0 Å². The SMILES string of the molecule is C1=C\C=C\CCCN\C=C/1. The summed E-state index contributed by atoms with van der Waals surface area (Å²) in [7, 11) is 0. The van der Waals surface area contributed by atoms with Crippen molar-refractivity contribution in [2.45, 2.75) is 12.8 Å². The largest absolute Gasteiger partial charge is 0.391 e. The molecule has 54 valence electrons. The van der Waals surface area contributed by atoms with Gasteiger partial charge >= 0.3 is 0 Å². The van der Waals surface area contributed by atoms with Crippen molar-refractivity contribution in [2.75, 3.05) is 6.54 Å². The van der Waals surface area contributed by atoms with Crippen LogP contribution in [0.5, 0.6) is 0 Å². The Bertz CT molecular complexity index is 136. The van der Waals surface area contributed by atoms with Crippen LogP contribution in [0, 0.1) is 0 Å². The fourth-order valence-electron chi connectivity index (χ4n) is 0.832. The molecule has 0 saturated heterocycles. The van der Waals surface area contributed by atoms with Crippen LogP contribution in [0.15, 0.2) is 36.6 Å². The highest BCUT2D eigenvalue weighted by Gasteiger charge is 1.80. The molecule has 0 amide bonds. The van der Waals surface area contributed by atoms with Crippen molar-refractivity contribution in [3.8, 4) is 0 Å². The zero-order valence-corrected chi connectivity index (χ0v) is 6.09. The predicted molar refractivity (Wildman–Crippen MR) is 44.7 cm³/mol. The zero-order valence-electron chi connectivity index (χ0n) is 6.09. The number of nitrogens with one attached hydrogen (secondary N) is 1. The third kappa shape index (κ3) is 3.13. The Hall–Kier alpha value is -0.980. The summed E-state index contributed by atoms with van der Waals surface area (Å²) in [4.78, 5) is 0. The summed E-state index contributed by atoms with van der Waals surface area (Å²) in [6.45, 7) is 1.08. The third-order valence-corrected chi connectivity index (χ3v) is 1.38. The predicted octanol–water partition coefficient (Wildman–Crippen LogP) is 2.00. The lowest BCUT2D eigenvalue weighted by atomic mass is 10.2. The minimum atomic E-state index is 1.08. The van der Waals surface area contributed by atoms with E-state index in [0.717, 1.165) is 6.54 Å². The van der Waals surface area contributed by atoms with E-state index in [1.165, 1.54) is 12.8 Å². The highest BCUT2D eigenvalue weighted by atomic mass is 14.8. The molecule has 0 unspecified atom stereocenters. The van der Waals surface area contributed by atoms with Crippen molar-refractivity contribution < 1.29 is 0 Å². The molecule has 0 aliphatic carbocycles. The molecule has 0 radical (unpaired) electrons. The average molecular weight is 135 g/mol. The van der Waals surface area contributed by atoms with Gasteiger partial charge in [-0.2, -0.15) is 0 Å². The second-order valence-corrected chi connectivity index (χ2v) is 2.27. The molecule has 1 rings (SSSR count). The molecule has 0 bridgehead atoms. The lowest BCUT2D eigenvalue weighted by Crippen LogP contribution is -2.05. The maximum absolute atomic E-state index is 3.19. The van der Waals surface area contributed by atoms with Gasteiger partial charge in [-0.25, -0.2) is 0 Å². The van der Waals surface area contributed by atoms with Crippen LogP contribution in [0.25, 0.3) is 0 Å². The molecule has 1 nitrogen and oxygen atoms in total. The van der Waals surface area contributed by atoms with E-state index in [2.05, 4.69) is 17.5 Å². The van der Waals surface area contributed by atoms with E-state index >= 15 is 0 Å². The molecule has 1 heteroatoms. The molecule has 0 aromatic carbocycles. The normalized spacial score (nSPS) is 28.0. The standard InChI is InChI=1S/C9H13N/c1-2-4-6-8-10-9-7-5-3-1/h1-4,6,8,10H,5,7,9H2/b3-1+,4-2-,8-6-. The van der Waals surface area contributed by atoms with Crippen molar-refractivity contribution in [1.29, 1.82) is 0 Å². The Balaban J connectivity index is 2.40. The number of rotatable bonds is 0. The van der Waals surface area contributed by atoms with E-state index in [0.29, 0.717) is 0 Å². The lowest BCUT2D eigenvalue weighted by Gasteiger charge is -1.97. The first-order chi connectivity index (χ1) is 5.00. The second kappa shape index (κ2) is 4.86. The molecule has 1 aliphatic rings. The molecule has 10 heavy (non-hydrogen) atoms. The van der Waals surface area contributed by atoms with E-state index in [-0.39, 0.29) is 0 Å². The minimum absolute atomic E-state index is 1.08. The molecule has 0 aromatic heterocycles. The first kappa shape index (κ1) is 7.13. The van der Waals surface area contributed by atoms with Crippen LogP contribution in [-0.2, 0) is 0 Å². The van der Waals surface area contributed by atoms with Crippen molar-refractivity contribution in [2.24, 2.45) is 0 Å². The summed E-state index contributed by atoms with van der Waals surface area (Å²) in [6, 6.07) is 0. The van der Waals surface area contributed by atoms with Crippen molar-refractivity contribution >= 4 is 0 Å². The van der Waals surface area contributed by atoms with Gasteiger partial charge in [0.15, 0.2) is 0 Å². The van der Waals surface area contributed by atoms with Gasteiger partial charge in [0.2, 0.25) is 0 Å². The molecule has 1 heterocycles. The van der Waals surface area contributed by atoms with E-state index in [1.807, 2.05) is 24.4 Å². The molecular weight excluding hydrogens is 122 g/mol. The molecule has 1 aliphatic heterocycles. The van der Waals surface area contributed by atoms with Gasteiger partial charge in [-0.05, 0) is 25.1 Å². The summed E-state index contributed by atoms with van der Waals surface area (Å²) >= 11 is 0. The van der Waals surface area contributed by atoms with Crippen LogP contribution >= 0.6 is 0 Å². The molecule has 0 atom stereocenters. The Morgan fingerprint density at radius 2 is 1.90 bits per heavy atom. The van der Waals surface area contributed by atoms with Crippen LogP contribution in [0.4, 0.5) is 0 Å². The van der Waals surface area contributed by atoms with Gasteiger partial charge in [0.1, 0.15) is 0 Å². The van der Waals surface area contributed by atoms with Gasteiger partial charge in [-0.15, -0.1) is 0 Å². The lowest BCUT2D eigenvalue weighted by molar-refractivity contribution is 0.764. The fourth-order valence-corrected chi connectivity index (χ4v) is 0.832. The quantitative estimate of drug-likeness (QED) is 0.535. The Labute approximate surface area is 62.1 Å². The summed E-state index contributed by atoms with van der Waals surface area (Å²) in [5, 5.41) is 3.19. The van der Waals surface area contributed by atoms with Crippen LogP contribution < -0.4 is 5.32 Å². The van der Waals surface area contributed by atoms with Crippen molar-refractivity contribution in [1.82, 2.24) is 5.32 Å². The van der Waals surface area contributed by atoms with Gasteiger partial charge in [-0.3, -0.25) is 0 Å². The molecule has 1 N–H and O–H groups in total. The molecule has 0 aromatic rings. The van der Waals surface area contributed by atoms with Gasteiger partial charge in [0, 0.05) is 6.54 Å². The molecule has 0 saturated carbocycles. The summed E-state index contributed by atoms with van der Waals surface area (Å²) in [5.41, 5.74) is 0. The number of hydrogen-bond donors (Lipinski definition) is 1. The molecule has 0 fully saturated rings. The zero-order chi connectivity index (χ0) is 7.07. The minimum Gasteiger partial charge on any atom is -0.391 e. The van der Waals surface area contributed by atoms with E-state index < -0.39 is 0 Å². The maximum Gasteiger partial charge on any atom is 0.0144 e. The molecular formula is C9H13N. The fraction of sp³-hybridized carbons (Fsp3) is 0.333. The van der Waals surface area contributed by atoms with Gasteiger partial charge in [0.05, 0.1) is 0 Å². The Morgan fingerprint density at radius 1 is 1.00 bits per heavy atom. The first-order valence-electron chi connectivity index (χ1n) is 3.72. The molecule has 0 spiro atoms. The van der Waals surface area contributed by atoms with Crippen LogP contribution in [-0.4, -0.2) is 6.54 Å². The van der Waals surface area contributed by atoms with E-state index in [9.17, 15) is 0 Å². The monoisotopic (exact) mass is 135 g/mol. The topological polar surface area (TPSA) is 12.0 Å². The highest BCUT2D eigenvalue weighted by molar-refractivity contribution is 5.11. The average Bonchev–Trinajstić information content (AvgIpc) is 2.01.